The van der Waals surface area contributed by atoms with Crippen molar-refractivity contribution in [1.82, 2.24) is 14.7 Å². The Labute approximate surface area is 153 Å². The van der Waals surface area contributed by atoms with Gasteiger partial charge in [0.15, 0.2) is 0 Å². The van der Waals surface area contributed by atoms with Crippen LogP contribution in [0.1, 0.15) is 26.2 Å². The number of carbonyl (C=O) groups is 4. The molecule has 4 aliphatic rings. The Kier molecular flexibility index (Phi) is 4.12. The highest BCUT2D eigenvalue weighted by atomic mass is 16.2. The van der Waals surface area contributed by atoms with E-state index in [1.54, 1.807) is 23.8 Å². The van der Waals surface area contributed by atoms with Crippen LogP contribution in [-0.4, -0.2) is 71.1 Å². The van der Waals surface area contributed by atoms with E-state index in [-0.39, 0.29) is 59.9 Å². The molecule has 0 radical (unpaired) electrons. The van der Waals surface area contributed by atoms with Gasteiger partial charge in [-0.15, -0.1) is 0 Å². The molecule has 2 heterocycles. The molecule has 0 aromatic rings. The van der Waals surface area contributed by atoms with Gasteiger partial charge in [-0.05, 0) is 31.1 Å². The van der Waals surface area contributed by atoms with Crippen LogP contribution in [0.15, 0.2) is 12.2 Å². The van der Waals surface area contributed by atoms with E-state index in [1.165, 1.54) is 4.90 Å². The number of nitrogens with zero attached hydrogens (tertiary/aromatic N) is 3. The Bertz CT molecular complexity index is 665. The van der Waals surface area contributed by atoms with Gasteiger partial charge in [0, 0.05) is 33.1 Å². The standard InChI is InChI=1S/C19H25N3O4/c1-11(23)20(2)14-5-7-21(8-6-14)15(24)10-22-18(25)16-12-3-4-13(9-12)17(16)19(22)26/h3-4,12-14,16-17H,5-10H2,1-2H3. The Morgan fingerprint density at radius 1 is 1.08 bits per heavy atom. The van der Waals surface area contributed by atoms with Crippen LogP contribution in [0.4, 0.5) is 0 Å². The van der Waals surface area contributed by atoms with E-state index in [9.17, 15) is 19.2 Å². The van der Waals surface area contributed by atoms with Gasteiger partial charge in [0.1, 0.15) is 6.54 Å². The van der Waals surface area contributed by atoms with Crippen molar-refractivity contribution < 1.29 is 19.2 Å². The van der Waals surface area contributed by atoms with E-state index in [0.717, 1.165) is 19.3 Å². The number of amides is 4. The summed E-state index contributed by atoms with van der Waals surface area (Å²) in [6, 6.07) is 0.146. The van der Waals surface area contributed by atoms with E-state index >= 15 is 0 Å². The SMILES string of the molecule is CC(=O)N(C)C1CCN(C(=O)CN2C(=O)C3C4C=CC(C4)C3C2=O)CC1. The average molecular weight is 359 g/mol. The van der Waals surface area contributed by atoms with Crippen molar-refractivity contribution in [3.05, 3.63) is 12.2 Å². The Morgan fingerprint density at radius 3 is 2.12 bits per heavy atom. The van der Waals surface area contributed by atoms with Gasteiger partial charge < -0.3 is 9.80 Å². The first-order valence-electron chi connectivity index (χ1n) is 9.43. The largest absolute Gasteiger partial charge is 0.343 e. The molecule has 0 aromatic heterocycles. The van der Waals surface area contributed by atoms with Crippen molar-refractivity contribution in [1.29, 1.82) is 0 Å². The number of rotatable bonds is 3. The molecule has 2 saturated heterocycles. The third-order valence-corrected chi connectivity index (χ3v) is 6.72. The number of allylic oxidation sites excluding steroid dienone is 2. The minimum atomic E-state index is -0.250. The molecule has 26 heavy (non-hydrogen) atoms. The van der Waals surface area contributed by atoms with Gasteiger partial charge in [-0.3, -0.25) is 24.1 Å². The van der Waals surface area contributed by atoms with E-state index in [1.807, 2.05) is 0 Å². The van der Waals surface area contributed by atoms with Gasteiger partial charge in [-0.1, -0.05) is 12.2 Å². The van der Waals surface area contributed by atoms with Crippen LogP contribution in [0.3, 0.4) is 0 Å². The monoisotopic (exact) mass is 359 g/mol. The molecule has 0 spiro atoms. The molecule has 7 heteroatoms. The van der Waals surface area contributed by atoms with Crippen molar-refractivity contribution in [3.63, 3.8) is 0 Å². The van der Waals surface area contributed by atoms with Crippen molar-refractivity contribution >= 4 is 23.6 Å². The lowest BCUT2D eigenvalue weighted by Crippen LogP contribution is -2.50. The summed E-state index contributed by atoms with van der Waals surface area (Å²) in [5, 5.41) is 0. The zero-order chi connectivity index (χ0) is 18.6. The van der Waals surface area contributed by atoms with E-state index in [4.69, 9.17) is 0 Å². The molecule has 3 fully saturated rings. The predicted molar refractivity (Wildman–Crippen MR) is 92.5 cm³/mol. The zero-order valence-electron chi connectivity index (χ0n) is 15.3. The van der Waals surface area contributed by atoms with E-state index in [2.05, 4.69) is 12.2 Å². The lowest BCUT2D eigenvalue weighted by molar-refractivity contribution is -0.148. The lowest BCUT2D eigenvalue weighted by atomic mass is 9.85. The van der Waals surface area contributed by atoms with Crippen molar-refractivity contribution in [2.24, 2.45) is 23.7 Å². The predicted octanol–water partition coefficient (Wildman–Crippen LogP) is 0.263. The second-order valence-corrected chi connectivity index (χ2v) is 8.00. The van der Waals surface area contributed by atoms with E-state index in [0.29, 0.717) is 13.1 Å². The highest BCUT2D eigenvalue weighted by Crippen LogP contribution is 2.52. The first kappa shape index (κ1) is 17.2. The van der Waals surface area contributed by atoms with Crippen LogP contribution in [0.2, 0.25) is 0 Å². The smallest absolute Gasteiger partial charge is 0.242 e. The van der Waals surface area contributed by atoms with Gasteiger partial charge in [0.2, 0.25) is 23.6 Å². The minimum Gasteiger partial charge on any atom is -0.343 e. The van der Waals surface area contributed by atoms with Crippen LogP contribution in [0.5, 0.6) is 0 Å². The number of piperidine rings is 1. The number of imide groups is 1. The third-order valence-electron chi connectivity index (χ3n) is 6.72. The maximum Gasteiger partial charge on any atom is 0.242 e. The number of hydrogen-bond donors (Lipinski definition) is 0. The number of carbonyl (C=O) groups excluding carboxylic acids is 4. The second-order valence-electron chi connectivity index (χ2n) is 8.00. The van der Waals surface area contributed by atoms with Crippen LogP contribution < -0.4 is 0 Å². The maximum atomic E-state index is 12.7. The number of hydrogen-bond acceptors (Lipinski definition) is 4. The summed E-state index contributed by atoms with van der Waals surface area (Å²) in [7, 11) is 1.78. The molecule has 2 bridgehead atoms. The normalized spacial score (nSPS) is 33.2. The lowest BCUT2D eigenvalue weighted by Gasteiger charge is -2.36. The highest BCUT2D eigenvalue weighted by Gasteiger charge is 2.59. The quantitative estimate of drug-likeness (QED) is 0.535. The van der Waals surface area contributed by atoms with Gasteiger partial charge in [0.25, 0.3) is 0 Å². The van der Waals surface area contributed by atoms with Crippen LogP contribution in [-0.2, 0) is 19.2 Å². The van der Waals surface area contributed by atoms with Crippen LogP contribution in [0.25, 0.3) is 0 Å². The second kappa shape index (κ2) is 6.21. The number of fused-ring (bicyclic) bond motifs is 5. The van der Waals surface area contributed by atoms with Gasteiger partial charge in [-0.25, -0.2) is 0 Å². The Balaban J connectivity index is 1.36. The summed E-state index contributed by atoms with van der Waals surface area (Å²) in [6.45, 7) is 2.51. The van der Waals surface area contributed by atoms with Gasteiger partial charge in [0.05, 0.1) is 11.8 Å². The molecule has 2 aliphatic heterocycles. The third kappa shape index (κ3) is 2.56. The molecule has 0 aromatic carbocycles. The first-order valence-corrected chi connectivity index (χ1v) is 9.43. The summed E-state index contributed by atoms with van der Waals surface area (Å²) >= 11 is 0. The number of likely N-dealkylation sites (tertiary alicyclic amines) is 2. The average Bonchev–Trinajstić information content (AvgIpc) is 3.31. The molecular formula is C19H25N3O4. The molecular weight excluding hydrogens is 334 g/mol. The van der Waals surface area contributed by atoms with Crippen molar-refractivity contribution in [2.45, 2.75) is 32.2 Å². The highest BCUT2D eigenvalue weighted by molar-refractivity contribution is 6.08. The summed E-state index contributed by atoms with van der Waals surface area (Å²) in [6.07, 6.45) is 6.45. The van der Waals surface area contributed by atoms with Crippen molar-refractivity contribution in [2.75, 3.05) is 26.7 Å². The summed E-state index contributed by atoms with van der Waals surface area (Å²) in [4.78, 5) is 54.1. The minimum absolute atomic E-state index is 0.0258. The molecule has 4 atom stereocenters. The van der Waals surface area contributed by atoms with Gasteiger partial charge >= 0.3 is 0 Å². The summed E-state index contributed by atoms with van der Waals surface area (Å²) in [5.74, 6) is -0.652. The molecule has 0 N–H and O–H groups in total. The zero-order valence-corrected chi connectivity index (χ0v) is 15.3. The van der Waals surface area contributed by atoms with E-state index < -0.39 is 0 Å². The van der Waals surface area contributed by atoms with Gasteiger partial charge in [-0.2, -0.15) is 0 Å². The molecule has 7 nitrogen and oxygen atoms in total. The molecule has 140 valence electrons. The summed E-state index contributed by atoms with van der Waals surface area (Å²) in [5.41, 5.74) is 0. The fourth-order valence-corrected chi connectivity index (χ4v) is 5.11. The van der Waals surface area contributed by atoms with Crippen LogP contribution >= 0.6 is 0 Å². The molecule has 4 rings (SSSR count). The molecule has 4 unspecified atom stereocenters. The summed E-state index contributed by atoms with van der Waals surface area (Å²) < 4.78 is 0. The Hall–Kier alpha value is -2.18. The molecule has 1 saturated carbocycles. The topological polar surface area (TPSA) is 78.0 Å². The van der Waals surface area contributed by atoms with Crippen molar-refractivity contribution in [3.8, 4) is 0 Å². The fourth-order valence-electron chi connectivity index (χ4n) is 5.11. The van der Waals surface area contributed by atoms with Crippen LogP contribution in [0, 0.1) is 23.7 Å². The molecule has 4 amide bonds. The molecule has 2 aliphatic carbocycles. The maximum absolute atomic E-state index is 12.7. The Morgan fingerprint density at radius 2 is 1.62 bits per heavy atom. The first-order chi connectivity index (χ1) is 12.4. The fraction of sp³-hybridized carbons (Fsp3) is 0.684.